The number of hydrogen-bond donors (Lipinski definition) is 0. The number of rotatable bonds is 6. The average Bonchev–Trinajstić information content (AvgIpc) is 3.44. The van der Waals surface area contributed by atoms with Gasteiger partial charge in [-0.15, -0.1) is 11.3 Å². The van der Waals surface area contributed by atoms with Crippen molar-refractivity contribution < 1.29 is 17.7 Å². The smallest absolute Gasteiger partial charge is 0.257 e. The SMILES string of the molecule is CCn1cc(S(=O)(=O)N2CCO[C@H](c3nc(Cc4cccs4)no3)C2)cn1. The molecule has 27 heavy (non-hydrogen) atoms. The van der Waals surface area contributed by atoms with Gasteiger partial charge in [-0.1, -0.05) is 11.2 Å². The second-order valence-corrected chi connectivity index (χ2v) is 9.03. The molecule has 0 radical (unpaired) electrons. The van der Waals surface area contributed by atoms with Crippen molar-refractivity contribution >= 4 is 21.4 Å². The van der Waals surface area contributed by atoms with Gasteiger partial charge in [-0.2, -0.15) is 14.4 Å². The van der Waals surface area contributed by atoms with Gasteiger partial charge < -0.3 is 9.26 Å². The van der Waals surface area contributed by atoms with E-state index in [4.69, 9.17) is 9.26 Å². The molecule has 0 amide bonds. The fraction of sp³-hybridized carbons (Fsp3) is 0.438. The molecule has 1 atom stereocenters. The lowest BCUT2D eigenvalue weighted by molar-refractivity contribution is -0.0199. The molecule has 4 rings (SSSR count). The Kier molecular flexibility index (Phi) is 5.08. The molecule has 11 heteroatoms. The van der Waals surface area contributed by atoms with Gasteiger partial charge in [0.1, 0.15) is 4.90 Å². The molecule has 4 heterocycles. The minimum Gasteiger partial charge on any atom is -0.366 e. The van der Waals surface area contributed by atoms with Crippen LogP contribution in [0.2, 0.25) is 0 Å². The van der Waals surface area contributed by atoms with Gasteiger partial charge in [0.15, 0.2) is 11.9 Å². The first-order chi connectivity index (χ1) is 13.1. The highest BCUT2D eigenvalue weighted by atomic mass is 32.2. The summed E-state index contributed by atoms with van der Waals surface area (Å²) in [6.45, 7) is 3.16. The molecular formula is C16H19N5O4S2. The van der Waals surface area contributed by atoms with Crippen molar-refractivity contribution in [1.29, 1.82) is 0 Å². The van der Waals surface area contributed by atoms with Gasteiger partial charge in [0.05, 0.1) is 12.8 Å². The van der Waals surface area contributed by atoms with E-state index in [1.54, 1.807) is 16.0 Å². The lowest BCUT2D eigenvalue weighted by atomic mass is 10.3. The van der Waals surface area contributed by atoms with Crippen LogP contribution in [-0.4, -0.2) is 52.3 Å². The number of sulfonamides is 1. The molecule has 144 valence electrons. The molecule has 9 nitrogen and oxygen atoms in total. The predicted octanol–water partition coefficient (Wildman–Crippen LogP) is 1.70. The number of morpholine rings is 1. The minimum atomic E-state index is -3.64. The summed E-state index contributed by atoms with van der Waals surface area (Å²) in [5, 5.41) is 10.0. The van der Waals surface area contributed by atoms with Crippen LogP contribution in [0.15, 0.2) is 39.3 Å². The third-order valence-corrected chi connectivity index (χ3v) is 6.97. The van der Waals surface area contributed by atoms with Gasteiger partial charge >= 0.3 is 0 Å². The summed E-state index contributed by atoms with van der Waals surface area (Å²) in [6, 6.07) is 3.97. The maximum Gasteiger partial charge on any atom is 0.257 e. The first-order valence-corrected chi connectivity index (χ1v) is 10.9. The molecule has 1 fully saturated rings. The van der Waals surface area contributed by atoms with Crippen LogP contribution in [-0.2, 0) is 27.7 Å². The first-order valence-electron chi connectivity index (χ1n) is 8.55. The van der Waals surface area contributed by atoms with Crippen LogP contribution in [0.25, 0.3) is 0 Å². The van der Waals surface area contributed by atoms with Crippen LogP contribution >= 0.6 is 11.3 Å². The highest BCUT2D eigenvalue weighted by molar-refractivity contribution is 7.89. The first kappa shape index (κ1) is 18.3. The lowest BCUT2D eigenvalue weighted by Crippen LogP contribution is -2.42. The van der Waals surface area contributed by atoms with Gasteiger partial charge in [0, 0.05) is 37.1 Å². The summed E-state index contributed by atoms with van der Waals surface area (Å²) in [7, 11) is -3.64. The second kappa shape index (κ2) is 7.50. The zero-order valence-corrected chi connectivity index (χ0v) is 16.3. The van der Waals surface area contributed by atoms with E-state index in [9.17, 15) is 8.42 Å². The molecule has 1 aliphatic heterocycles. The highest BCUT2D eigenvalue weighted by Crippen LogP contribution is 2.26. The topological polar surface area (TPSA) is 103 Å². The molecule has 3 aromatic heterocycles. The normalized spacial score (nSPS) is 18.8. The molecular weight excluding hydrogens is 390 g/mol. The van der Waals surface area contributed by atoms with Crippen LogP contribution in [0.5, 0.6) is 0 Å². The lowest BCUT2D eigenvalue weighted by Gasteiger charge is -2.29. The number of ether oxygens (including phenoxy) is 1. The van der Waals surface area contributed by atoms with Crippen molar-refractivity contribution in [3.05, 3.63) is 46.5 Å². The average molecular weight is 409 g/mol. The van der Waals surface area contributed by atoms with Gasteiger partial charge in [0.25, 0.3) is 5.89 Å². The Morgan fingerprint density at radius 3 is 3.04 bits per heavy atom. The zero-order chi connectivity index (χ0) is 18.9. The van der Waals surface area contributed by atoms with Gasteiger partial charge in [0.2, 0.25) is 10.0 Å². The monoisotopic (exact) mass is 409 g/mol. The highest BCUT2D eigenvalue weighted by Gasteiger charge is 2.34. The Morgan fingerprint density at radius 1 is 1.41 bits per heavy atom. The van der Waals surface area contributed by atoms with Crippen molar-refractivity contribution in [2.24, 2.45) is 0 Å². The van der Waals surface area contributed by atoms with Gasteiger partial charge in [-0.25, -0.2) is 8.42 Å². The minimum absolute atomic E-state index is 0.125. The van der Waals surface area contributed by atoms with E-state index >= 15 is 0 Å². The van der Waals surface area contributed by atoms with E-state index in [1.807, 2.05) is 24.4 Å². The molecule has 0 unspecified atom stereocenters. The number of hydrogen-bond acceptors (Lipinski definition) is 8. The number of aromatic nitrogens is 4. The van der Waals surface area contributed by atoms with E-state index in [0.29, 0.717) is 24.7 Å². The van der Waals surface area contributed by atoms with Crippen LogP contribution in [0.3, 0.4) is 0 Å². The van der Waals surface area contributed by atoms with E-state index < -0.39 is 16.1 Å². The Hall–Kier alpha value is -2.08. The summed E-state index contributed by atoms with van der Waals surface area (Å²) in [5.74, 6) is 0.853. The zero-order valence-electron chi connectivity index (χ0n) is 14.7. The largest absolute Gasteiger partial charge is 0.366 e. The maximum atomic E-state index is 12.9. The van der Waals surface area contributed by atoms with E-state index in [1.165, 1.54) is 16.7 Å². The molecule has 1 aliphatic rings. The Morgan fingerprint density at radius 2 is 2.30 bits per heavy atom. The van der Waals surface area contributed by atoms with Crippen molar-refractivity contribution in [3.8, 4) is 0 Å². The molecule has 0 N–H and O–H groups in total. The molecule has 0 aromatic carbocycles. The van der Waals surface area contributed by atoms with Crippen LogP contribution in [0, 0.1) is 0 Å². The summed E-state index contributed by atoms with van der Waals surface area (Å²) < 4.78 is 39.7. The summed E-state index contributed by atoms with van der Waals surface area (Å²) in [6.07, 6.45) is 2.90. The molecule has 0 saturated carbocycles. The Balaban J connectivity index is 1.48. The van der Waals surface area contributed by atoms with Crippen molar-refractivity contribution in [3.63, 3.8) is 0 Å². The summed E-state index contributed by atoms with van der Waals surface area (Å²) >= 11 is 1.62. The number of thiophene rings is 1. The number of nitrogens with zero attached hydrogens (tertiary/aromatic N) is 5. The third-order valence-electron chi connectivity index (χ3n) is 4.27. The molecule has 3 aromatic rings. The fourth-order valence-corrected chi connectivity index (χ4v) is 4.91. The second-order valence-electron chi connectivity index (χ2n) is 6.06. The molecule has 0 spiro atoms. The van der Waals surface area contributed by atoms with Crippen molar-refractivity contribution in [1.82, 2.24) is 24.2 Å². The molecule has 0 bridgehead atoms. The van der Waals surface area contributed by atoms with E-state index in [2.05, 4.69) is 15.2 Å². The van der Waals surface area contributed by atoms with E-state index in [0.717, 1.165) is 4.88 Å². The summed E-state index contributed by atoms with van der Waals surface area (Å²) in [5.41, 5.74) is 0. The van der Waals surface area contributed by atoms with Gasteiger partial charge in [-0.05, 0) is 18.4 Å². The third kappa shape index (κ3) is 3.81. The quantitative estimate of drug-likeness (QED) is 0.610. The Labute approximate surface area is 160 Å². The predicted molar refractivity (Wildman–Crippen MR) is 96.8 cm³/mol. The van der Waals surface area contributed by atoms with Crippen molar-refractivity contribution in [2.45, 2.75) is 30.9 Å². The van der Waals surface area contributed by atoms with Crippen LogP contribution < -0.4 is 0 Å². The maximum absolute atomic E-state index is 12.9. The Bertz CT molecular complexity index is 996. The van der Waals surface area contributed by atoms with Gasteiger partial charge in [-0.3, -0.25) is 4.68 Å². The van der Waals surface area contributed by atoms with Crippen LogP contribution in [0.1, 0.15) is 29.6 Å². The number of aryl methyl sites for hydroxylation is 1. The standard InChI is InChI=1S/C16H19N5O4S2/c1-2-20-10-13(9-17-20)27(22,23)21-5-6-24-14(11-21)16-18-15(19-25-16)8-12-4-3-7-26-12/h3-4,7,9-10,14H,2,5-6,8,11H2,1H3/t14-/m0/s1. The van der Waals surface area contributed by atoms with Crippen LogP contribution in [0.4, 0.5) is 0 Å². The molecule has 1 saturated heterocycles. The van der Waals surface area contributed by atoms with Crippen molar-refractivity contribution in [2.75, 3.05) is 19.7 Å². The molecule has 0 aliphatic carbocycles. The summed E-state index contributed by atoms with van der Waals surface area (Å²) in [4.78, 5) is 5.69. The fourth-order valence-electron chi connectivity index (χ4n) is 2.83. The van der Waals surface area contributed by atoms with E-state index in [-0.39, 0.29) is 24.6 Å².